The highest BCUT2D eigenvalue weighted by molar-refractivity contribution is 9.08. The zero-order valence-corrected chi connectivity index (χ0v) is 10.2. The number of halogens is 1. The smallest absolute Gasteiger partial charge is 0.125 e. The summed E-state index contributed by atoms with van der Waals surface area (Å²) in [6, 6.07) is 2.21. The van der Waals surface area contributed by atoms with E-state index in [9.17, 15) is 0 Å². The minimum absolute atomic E-state index is 0.885. The third-order valence-corrected chi connectivity index (χ3v) is 3.10. The van der Waals surface area contributed by atoms with Crippen molar-refractivity contribution in [3.8, 4) is 5.75 Å². The molecule has 0 radical (unpaired) electrons. The van der Waals surface area contributed by atoms with Gasteiger partial charge in [-0.3, -0.25) is 0 Å². The molecule has 0 amide bonds. The maximum Gasteiger partial charge on any atom is 0.125 e. The first-order valence-electron chi connectivity index (χ1n) is 4.31. The summed E-state index contributed by atoms with van der Waals surface area (Å²) < 4.78 is 5.38. The van der Waals surface area contributed by atoms with Crippen LogP contribution >= 0.6 is 15.9 Å². The van der Waals surface area contributed by atoms with Gasteiger partial charge >= 0.3 is 0 Å². The van der Waals surface area contributed by atoms with Crippen LogP contribution in [0.1, 0.15) is 22.3 Å². The van der Waals surface area contributed by atoms with Crippen LogP contribution in [0.15, 0.2) is 6.07 Å². The summed E-state index contributed by atoms with van der Waals surface area (Å²) in [7, 11) is 1.73. The Morgan fingerprint density at radius 3 is 2.31 bits per heavy atom. The molecule has 13 heavy (non-hydrogen) atoms. The Morgan fingerprint density at radius 1 is 1.23 bits per heavy atom. The summed E-state index contributed by atoms with van der Waals surface area (Å²) >= 11 is 3.47. The van der Waals surface area contributed by atoms with E-state index in [1.54, 1.807) is 7.11 Å². The Labute approximate surface area is 88.2 Å². The molecule has 1 nitrogen and oxygen atoms in total. The maximum absolute atomic E-state index is 5.38. The van der Waals surface area contributed by atoms with Gasteiger partial charge in [0.1, 0.15) is 5.75 Å². The van der Waals surface area contributed by atoms with Crippen LogP contribution in [0, 0.1) is 20.8 Å². The number of ether oxygens (including phenoxy) is 1. The Morgan fingerprint density at radius 2 is 1.85 bits per heavy atom. The molecular formula is C11H15BrO. The maximum atomic E-state index is 5.38. The molecule has 1 rings (SSSR count). The first-order chi connectivity index (χ1) is 6.11. The summed E-state index contributed by atoms with van der Waals surface area (Å²) in [6.45, 7) is 6.31. The third kappa shape index (κ3) is 1.88. The van der Waals surface area contributed by atoms with E-state index < -0.39 is 0 Å². The topological polar surface area (TPSA) is 9.23 Å². The monoisotopic (exact) mass is 242 g/mol. The quantitative estimate of drug-likeness (QED) is 0.722. The van der Waals surface area contributed by atoms with E-state index in [1.807, 2.05) is 0 Å². The van der Waals surface area contributed by atoms with E-state index in [0.717, 1.165) is 11.1 Å². The normalized spacial score (nSPS) is 10.2. The zero-order chi connectivity index (χ0) is 10.0. The van der Waals surface area contributed by atoms with Crippen molar-refractivity contribution in [3.05, 3.63) is 28.3 Å². The lowest BCUT2D eigenvalue weighted by Crippen LogP contribution is -1.97. The van der Waals surface area contributed by atoms with Crippen molar-refractivity contribution in [2.45, 2.75) is 26.1 Å². The van der Waals surface area contributed by atoms with Crippen molar-refractivity contribution in [2.24, 2.45) is 0 Å². The number of methoxy groups -OCH3 is 1. The summed E-state index contributed by atoms with van der Waals surface area (Å²) in [4.78, 5) is 0. The second-order valence-corrected chi connectivity index (χ2v) is 3.83. The van der Waals surface area contributed by atoms with Crippen molar-refractivity contribution < 1.29 is 4.74 Å². The lowest BCUT2D eigenvalue weighted by Gasteiger charge is -2.14. The molecule has 0 saturated carbocycles. The first-order valence-corrected chi connectivity index (χ1v) is 5.43. The highest BCUT2D eigenvalue weighted by Gasteiger charge is 2.09. The lowest BCUT2D eigenvalue weighted by molar-refractivity contribution is 0.407. The molecule has 2 heteroatoms. The summed E-state index contributed by atoms with van der Waals surface area (Å²) in [5.74, 6) is 1.02. The predicted molar refractivity (Wildman–Crippen MR) is 59.8 cm³/mol. The summed E-state index contributed by atoms with van der Waals surface area (Å²) in [6.07, 6.45) is 0. The van der Waals surface area contributed by atoms with Crippen LogP contribution in [-0.4, -0.2) is 7.11 Å². The predicted octanol–water partition coefficient (Wildman–Crippen LogP) is 3.52. The third-order valence-electron chi connectivity index (χ3n) is 2.49. The van der Waals surface area contributed by atoms with E-state index in [1.165, 1.54) is 22.3 Å². The fraction of sp³-hybridized carbons (Fsp3) is 0.455. The molecule has 72 valence electrons. The minimum Gasteiger partial charge on any atom is -0.496 e. The lowest BCUT2D eigenvalue weighted by atomic mass is 10.0. The number of benzene rings is 1. The SMILES string of the molecule is COc1c(C)c(C)cc(CBr)c1C. The van der Waals surface area contributed by atoms with Crippen LogP contribution in [0.25, 0.3) is 0 Å². The largest absolute Gasteiger partial charge is 0.496 e. The molecule has 0 atom stereocenters. The average Bonchev–Trinajstić information content (AvgIpc) is 2.12. The fourth-order valence-electron chi connectivity index (χ4n) is 1.53. The zero-order valence-electron chi connectivity index (χ0n) is 8.57. The first kappa shape index (κ1) is 10.6. The molecular weight excluding hydrogens is 228 g/mol. The number of hydrogen-bond donors (Lipinski definition) is 0. The molecule has 0 spiro atoms. The van der Waals surface area contributed by atoms with Crippen molar-refractivity contribution >= 4 is 15.9 Å². The molecule has 0 saturated heterocycles. The molecule has 0 aliphatic carbocycles. The van der Waals surface area contributed by atoms with Gasteiger partial charge in [0.25, 0.3) is 0 Å². The Hall–Kier alpha value is -0.500. The molecule has 0 bridgehead atoms. The van der Waals surface area contributed by atoms with E-state index in [2.05, 4.69) is 42.8 Å². The summed E-state index contributed by atoms with van der Waals surface area (Å²) in [5, 5.41) is 0.885. The van der Waals surface area contributed by atoms with Gasteiger partial charge in [0.2, 0.25) is 0 Å². The second-order valence-electron chi connectivity index (χ2n) is 3.27. The number of alkyl halides is 1. The Balaban J connectivity index is 3.39. The second kappa shape index (κ2) is 4.14. The number of rotatable bonds is 2. The molecule has 0 heterocycles. The van der Waals surface area contributed by atoms with Crippen LogP contribution in [-0.2, 0) is 5.33 Å². The van der Waals surface area contributed by atoms with Crippen molar-refractivity contribution in [2.75, 3.05) is 7.11 Å². The highest BCUT2D eigenvalue weighted by Crippen LogP contribution is 2.29. The van der Waals surface area contributed by atoms with Gasteiger partial charge in [-0.25, -0.2) is 0 Å². The molecule has 0 aliphatic heterocycles. The van der Waals surface area contributed by atoms with Crippen LogP contribution in [0.5, 0.6) is 5.75 Å². The minimum atomic E-state index is 0.885. The van der Waals surface area contributed by atoms with Crippen molar-refractivity contribution in [1.82, 2.24) is 0 Å². The van der Waals surface area contributed by atoms with E-state index in [-0.39, 0.29) is 0 Å². The van der Waals surface area contributed by atoms with Crippen LogP contribution < -0.4 is 4.74 Å². The standard InChI is InChI=1S/C11H15BrO/c1-7-5-10(6-12)9(3)11(13-4)8(7)2/h5H,6H2,1-4H3. The van der Waals surface area contributed by atoms with Gasteiger partial charge in [0.05, 0.1) is 7.11 Å². The average molecular weight is 243 g/mol. The Bertz CT molecular complexity index is 318. The molecule has 1 aromatic rings. The summed E-state index contributed by atoms with van der Waals surface area (Å²) in [5.41, 5.74) is 5.07. The van der Waals surface area contributed by atoms with E-state index in [4.69, 9.17) is 4.74 Å². The van der Waals surface area contributed by atoms with Crippen LogP contribution in [0.3, 0.4) is 0 Å². The molecule has 0 unspecified atom stereocenters. The molecule has 1 aromatic carbocycles. The molecule has 0 aliphatic rings. The van der Waals surface area contributed by atoms with Crippen molar-refractivity contribution in [3.63, 3.8) is 0 Å². The van der Waals surface area contributed by atoms with E-state index in [0.29, 0.717) is 0 Å². The molecule has 0 fully saturated rings. The van der Waals surface area contributed by atoms with E-state index >= 15 is 0 Å². The van der Waals surface area contributed by atoms with Crippen LogP contribution in [0.2, 0.25) is 0 Å². The fourth-order valence-corrected chi connectivity index (χ4v) is 2.11. The van der Waals surface area contributed by atoms with Crippen molar-refractivity contribution in [1.29, 1.82) is 0 Å². The van der Waals surface area contributed by atoms with Gasteiger partial charge < -0.3 is 4.74 Å². The van der Waals surface area contributed by atoms with Gasteiger partial charge in [-0.15, -0.1) is 0 Å². The number of aryl methyl sites for hydroxylation is 1. The highest BCUT2D eigenvalue weighted by atomic mass is 79.9. The van der Waals surface area contributed by atoms with Gasteiger partial charge in [-0.05, 0) is 43.0 Å². The number of hydrogen-bond acceptors (Lipinski definition) is 1. The van der Waals surface area contributed by atoms with Crippen LogP contribution in [0.4, 0.5) is 0 Å². The molecule has 0 aromatic heterocycles. The van der Waals surface area contributed by atoms with Gasteiger partial charge in [-0.1, -0.05) is 22.0 Å². The van der Waals surface area contributed by atoms with Gasteiger partial charge in [0, 0.05) is 5.33 Å². The Kier molecular flexibility index (Phi) is 3.37. The molecule has 0 N–H and O–H groups in total. The van der Waals surface area contributed by atoms with Gasteiger partial charge in [0.15, 0.2) is 0 Å². The van der Waals surface area contributed by atoms with Gasteiger partial charge in [-0.2, -0.15) is 0 Å².